The first-order valence-electron chi connectivity index (χ1n) is 9.36. The molecule has 0 saturated carbocycles. The van der Waals surface area contributed by atoms with Crippen LogP contribution in [0.3, 0.4) is 0 Å². The minimum atomic E-state index is -0.464. The molecule has 5 rings (SSSR count). The number of rotatable bonds is 3. The molecule has 1 atom stereocenters. The predicted molar refractivity (Wildman–Crippen MR) is 103 cm³/mol. The van der Waals surface area contributed by atoms with Crippen LogP contribution in [0.2, 0.25) is 0 Å². The van der Waals surface area contributed by atoms with Crippen LogP contribution in [-0.2, 0) is 6.54 Å². The zero-order valence-corrected chi connectivity index (χ0v) is 15.1. The van der Waals surface area contributed by atoms with Gasteiger partial charge in [0.2, 0.25) is 0 Å². The minimum Gasteiger partial charge on any atom is -0.408 e. The van der Waals surface area contributed by atoms with Crippen molar-refractivity contribution in [1.29, 1.82) is 0 Å². The smallest absolute Gasteiger partial charge is 0.408 e. The van der Waals surface area contributed by atoms with Gasteiger partial charge in [-0.15, -0.1) is 0 Å². The Bertz CT molecular complexity index is 1150. The van der Waals surface area contributed by atoms with Crippen LogP contribution in [0.25, 0.3) is 16.7 Å². The number of nitrogens with zero attached hydrogens (tertiary/aromatic N) is 1. The Morgan fingerprint density at radius 1 is 1.19 bits per heavy atom. The molecule has 27 heavy (non-hydrogen) atoms. The highest BCUT2D eigenvalue weighted by Gasteiger charge is 2.34. The van der Waals surface area contributed by atoms with Gasteiger partial charge in [0.25, 0.3) is 5.91 Å². The minimum absolute atomic E-state index is 0.0170. The van der Waals surface area contributed by atoms with Gasteiger partial charge in [-0.1, -0.05) is 18.2 Å². The lowest BCUT2D eigenvalue weighted by molar-refractivity contribution is 0.0723. The van der Waals surface area contributed by atoms with Gasteiger partial charge in [0, 0.05) is 12.1 Å². The largest absolute Gasteiger partial charge is 0.417 e. The zero-order valence-electron chi connectivity index (χ0n) is 15.1. The third-order valence-corrected chi connectivity index (χ3v) is 5.71. The third-order valence-electron chi connectivity index (χ3n) is 5.71. The molecule has 2 heterocycles. The topological polar surface area (TPSA) is 66.3 Å². The molecule has 3 aromatic rings. The predicted octanol–water partition coefficient (Wildman–Crippen LogP) is 4.41. The van der Waals surface area contributed by atoms with E-state index in [9.17, 15) is 9.59 Å². The second kappa shape index (κ2) is 5.98. The molecule has 1 aliphatic heterocycles. The van der Waals surface area contributed by atoms with Crippen molar-refractivity contribution in [3.8, 4) is 0 Å². The van der Waals surface area contributed by atoms with Gasteiger partial charge in [-0.25, -0.2) is 4.79 Å². The first-order chi connectivity index (χ1) is 13.1. The SMILES string of the molecule is CC1c2cc(C3=CCCC3)ccc2C(=O)N1Cc1ccc2[nH]c(=O)oc2c1. The third kappa shape index (κ3) is 2.62. The van der Waals surface area contributed by atoms with Crippen LogP contribution in [0.1, 0.15) is 59.3 Å². The lowest BCUT2D eigenvalue weighted by Gasteiger charge is -2.22. The number of aromatic amines is 1. The van der Waals surface area contributed by atoms with E-state index >= 15 is 0 Å². The van der Waals surface area contributed by atoms with E-state index in [4.69, 9.17) is 4.42 Å². The number of fused-ring (bicyclic) bond motifs is 2. The number of H-pyrrole nitrogens is 1. The summed E-state index contributed by atoms with van der Waals surface area (Å²) in [6, 6.07) is 11.8. The van der Waals surface area contributed by atoms with Gasteiger partial charge in [0.15, 0.2) is 5.58 Å². The van der Waals surface area contributed by atoms with E-state index < -0.39 is 5.76 Å². The van der Waals surface area contributed by atoms with E-state index in [0.29, 0.717) is 17.6 Å². The number of aromatic nitrogens is 1. The monoisotopic (exact) mass is 360 g/mol. The standard InChI is InChI=1S/C22H20N2O3/c1-13-18-11-16(15-4-2-3-5-15)7-8-17(18)21(25)24(13)12-14-6-9-19-20(10-14)27-22(26)23-19/h4,6-11,13H,2-3,5,12H2,1H3,(H,23,26). The summed E-state index contributed by atoms with van der Waals surface area (Å²) in [4.78, 5) is 28.8. The maximum atomic E-state index is 12.9. The fourth-order valence-corrected chi connectivity index (χ4v) is 4.23. The van der Waals surface area contributed by atoms with Gasteiger partial charge in [-0.05, 0) is 72.7 Å². The molecule has 5 heteroatoms. The molecule has 5 nitrogen and oxygen atoms in total. The van der Waals surface area contributed by atoms with Crippen molar-refractivity contribution in [2.24, 2.45) is 0 Å². The highest BCUT2D eigenvalue weighted by molar-refractivity contribution is 5.99. The van der Waals surface area contributed by atoms with Gasteiger partial charge in [-0.2, -0.15) is 0 Å². The van der Waals surface area contributed by atoms with Crippen molar-refractivity contribution in [3.63, 3.8) is 0 Å². The number of allylic oxidation sites excluding steroid dienone is 2. The van der Waals surface area contributed by atoms with Crippen LogP contribution in [0.4, 0.5) is 0 Å². The molecule has 0 radical (unpaired) electrons. The molecule has 1 aromatic heterocycles. The summed E-state index contributed by atoms with van der Waals surface area (Å²) < 4.78 is 5.14. The summed E-state index contributed by atoms with van der Waals surface area (Å²) >= 11 is 0. The van der Waals surface area contributed by atoms with Crippen molar-refractivity contribution in [2.45, 2.75) is 38.8 Å². The van der Waals surface area contributed by atoms with Crippen LogP contribution in [0.5, 0.6) is 0 Å². The van der Waals surface area contributed by atoms with Gasteiger partial charge < -0.3 is 9.32 Å². The molecule has 1 aliphatic carbocycles. The summed E-state index contributed by atoms with van der Waals surface area (Å²) in [5.41, 5.74) is 6.65. The first-order valence-corrected chi connectivity index (χ1v) is 9.36. The normalized spacial score (nSPS) is 19.0. The van der Waals surface area contributed by atoms with Gasteiger partial charge in [0.1, 0.15) is 0 Å². The maximum absolute atomic E-state index is 12.9. The molecule has 1 amide bonds. The lowest BCUT2D eigenvalue weighted by atomic mass is 9.97. The average Bonchev–Trinajstić information content (AvgIpc) is 3.37. The highest BCUT2D eigenvalue weighted by atomic mass is 16.4. The Balaban J connectivity index is 1.45. The number of amides is 1. The molecule has 0 fully saturated rings. The summed E-state index contributed by atoms with van der Waals surface area (Å²) in [5.74, 6) is -0.408. The average molecular weight is 360 g/mol. The lowest BCUT2D eigenvalue weighted by Crippen LogP contribution is -2.26. The number of hydrogen-bond donors (Lipinski definition) is 1. The fourth-order valence-electron chi connectivity index (χ4n) is 4.23. The Hall–Kier alpha value is -3.08. The molecular weight excluding hydrogens is 340 g/mol. The van der Waals surface area contributed by atoms with Crippen LogP contribution >= 0.6 is 0 Å². The van der Waals surface area contributed by atoms with Crippen LogP contribution < -0.4 is 5.76 Å². The summed E-state index contributed by atoms with van der Waals surface area (Å²) in [6.45, 7) is 2.56. The number of nitrogens with one attached hydrogen (secondary N) is 1. The van der Waals surface area contributed by atoms with Crippen LogP contribution in [-0.4, -0.2) is 15.8 Å². The van der Waals surface area contributed by atoms with Crippen molar-refractivity contribution in [2.75, 3.05) is 0 Å². The second-order valence-electron chi connectivity index (χ2n) is 7.38. The summed E-state index contributed by atoms with van der Waals surface area (Å²) in [6.07, 6.45) is 5.78. The Labute approximate surface area is 156 Å². The van der Waals surface area contributed by atoms with Gasteiger partial charge in [-0.3, -0.25) is 9.78 Å². The van der Waals surface area contributed by atoms with Crippen LogP contribution in [0, 0.1) is 0 Å². The molecule has 2 aromatic carbocycles. The zero-order chi connectivity index (χ0) is 18.5. The second-order valence-corrected chi connectivity index (χ2v) is 7.38. The Morgan fingerprint density at radius 2 is 2.07 bits per heavy atom. The first kappa shape index (κ1) is 16.1. The van der Waals surface area contributed by atoms with E-state index in [1.807, 2.05) is 29.2 Å². The van der Waals surface area contributed by atoms with Crippen molar-refractivity contribution >= 4 is 22.6 Å². The maximum Gasteiger partial charge on any atom is 0.417 e. The summed E-state index contributed by atoms with van der Waals surface area (Å²) in [5, 5.41) is 0. The van der Waals surface area contributed by atoms with E-state index in [1.165, 1.54) is 17.6 Å². The highest BCUT2D eigenvalue weighted by Crippen LogP contribution is 2.38. The Morgan fingerprint density at radius 3 is 2.89 bits per heavy atom. The van der Waals surface area contributed by atoms with E-state index in [0.717, 1.165) is 29.5 Å². The number of benzene rings is 2. The van der Waals surface area contributed by atoms with Gasteiger partial charge in [0.05, 0.1) is 11.6 Å². The van der Waals surface area contributed by atoms with E-state index in [-0.39, 0.29) is 11.9 Å². The molecule has 2 aliphatic rings. The van der Waals surface area contributed by atoms with Crippen molar-refractivity contribution < 1.29 is 9.21 Å². The molecule has 0 spiro atoms. The molecule has 1 unspecified atom stereocenters. The molecular formula is C22H20N2O3. The fraction of sp³-hybridized carbons (Fsp3) is 0.273. The number of oxazole rings is 1. The Kier molecular flexibility index (Phi) is 3.57. The molecule has 0 saturated heterocycles. The number of carbonyl (C=O) groups is 1. The van der Waals surface area contributed by atoms with E-state index in [2.05, 4.69) is 30.1 Å². The van der Waals surface area contributed by atoms with E-state index in [1.54, 1.807) is 0 Å². The van der Waals surface area contributed by atoms with Crippen molar-refractivity contribution in [1.82, 2.24) is 9.88 Å². The van der Waals surface area contributed by atoms with Crippen LogP contribution in [0.15, 0.2) is 51.7 Å². The quantitative estimate of drug-likeness (QED) is 0.752. The van der Waals surface area contributed by atoms with Crippen molar-refractivity contribution in [3.05, 3.63) is 75.3 Å². The number of carbonyl (C=O) groups excluding carboxylic acids is 1. The molecule has 136 valence electrons. The molecule has 0 bridgehead atoms. The molecule has 1 N–H and O–H groups in total. The van der Waals surface area contributed by atoms with Gasteiger partial charge >= 0.3 is 5.76 Å². The number of hydrogen-bond acceptors (Lipinski definition) is 3. The summed E-state index contributed by atoms with van der Waals surface area (Å²) in [7, 11) is 0.